The van der Waals surface area contributed by atoms with Gasteiger partial charge >= 0.3 is 5.97 Å². The number of furan rings is 1. The minimum absolute atomic E-state index is 0.0397. The van der Waals surface area contributed by atoms with Gasteiger partial charge in [-0.15, -0.1) is 0 Å². The monoisotopic (exact) mass is 350 g/mol. The van der Waals surface area contributed by atoms with Crippen molar-refractivity contribution in [3.8, 4) is 17.7 Å². The van der Waals surface area contributed by atoms with Crippen LogP contribution in [0.5, 0.6) is 5.75 Å². The van der Waals surface area contributed by atoms with E-state index in [-0.39, 0.29) is 17.7 Å². The molecule has 0 fully saturated rings. The normalized spacial score (nSPS) is 10.4. The van der Waals surface area contributed by atoms with E-state index >= 15 is 0 Å². The number of aromatic nitrogens is 1. The molecule has 1 aromatic carbocycles. The van der Waals surface area contributed by atoms with Crippen molar-refractivity contribution in [1.82, 2.24) is 4.57 Å². The van der Waals surface area contributed by atoms with Crippen LogP contribution in [0.4, 0.5) is 0 Å². The van der Waals surface area contributed by atoms with E-state index in [0.29, 0.717) is 17.4 Å². The van der Waals surface area contributed by atoms with Crippen molar-refractivity contribution in [2.75, 3.05) is 7.11 Å². The van der Waals surface area contributed by atoms with E-state index in [0.717, 1.165) is 11.1 Å². The highest BCUT2D eigenvalue weighted by atomic mass is 16.5. The first kappa shape index (κ1) is 17.4. The van der Waals surface area contributed by atoms with E-state index < -0.39 is 5.97 Å². The van der Waals surface area contributed by atoms with Crippen LogP contribution >= 0.6 is 0 Å². The minimum atomic E-state index is -0.607. The predicted molar refractivity (Wildman–Crippen MR) is 94.3 cm³/mol. The summed E-state index contributed by atoms with van der Waals surface area (Å²) >= 11 is 0. The van der Waals surface area contributed by atoms with Gasteiger partial charge in [-0.25, -0.2) is 4.79 Å². The molecule has 0 bridgehead atoms. The number of carbonyl (C=O) groups is 1. The molecule has 0 amide bonds. The van der Waals surface area contributed by atoms with Crippen LogP contribution < -0.4 is 4.74 Å². The highest BCUT2D eigenvalue weighted by Gasteiger charge is 2.26. The maximum absolute atomic E-state index is 12.6. The van der Waals surface area contributed by atoms with Crippen LogP contribution in [-0.4, -0.2) is 17.6 Å². The highest BCUT2D eigenvalue weighted by Crippen LogP contribution is 2.27. The molecule has 0 aliphatic carbocycles. The van der Waals surface area contributed by atoms with Crippen molar-refractivity contribution >= 4 is 5.97 Å². The van der Waals surface area contributed by atoms with E-state index in [1.165, 1.54) is 0 Å². The van der Waals surface area contributed by atoms with Crippen molar-refractivity contribution in [1.29, 1.82) is 5.26 Å². The quantitative estimate of drug-likeness (QED) is 0.652. The molecule has 0 unspecified atom stereocenters. The Balaban J connectivity index is 1.87. The average molecular weight is 350 g/mol. The molecule has 0 aliphatic heterocycles. The number of rotatable bonds is 5. The number of aryl methyl sites for hydroxylation is 2. The largest absolute Gasteiger partial charge is 0.496 e. The fourth-order valence-corrected chi connectivity index (χ4v) is 2.77. The van der Waals surface area contributed by atoms with Gasteiger partial charge < -0.3 is 13.9 Å². The summed E-state index contributed by atoms with van der Waals surface area (Å²) in [5, 5.41) is 9.51. The number of hydrogen-bond acceptors (Lipinski definition) is 5. The Morgan fingerprint density at radius 2 is 2.00 bits per heavy atom. The van der Waals surface area contributed by atoms with Crippen molar-refractivity contribution in [2.45, 2.75) is 20.5 Å². The summed E-state index contributed by atoms with van der Waals surface area (Å²) in [6.07, 6.45) is 3.48. The number of hydrogen-bond donors (Lipinski definition) is 0. The Morgan fingerprint density at radius 1 is 1.27 bits per heavy atom. The standard InChI is InChI=1S/C20H18N2O4/c1-13-6-7-17(24-3)15(10-13)12-25-20(23)18-14(2)26-19(16(18)11-21)22-8-4-5-9-22/h4-10H,12H2,1-3H3. The second-order valence-electron chi connectivity index (χ2n) is 5.81. The van der Waals surface area contributed by atoms with Crippen LogP contribution in [0.15, 0.2) is 47.1 Å². The first-order chi connectivity index (χ1) is 12.5. The van der Waals surface area contributed by atoms with Gasteiger partial charge in [0.25, 0.3) is 0 Å². The molecule has 6 heteroatoms. The van der Waals surface area contributed by atoms with Gasteiger partial charge in [-0.3, -0.25) is 4.57 Å². The lowest BCUT2D eigenvalue weighted by molar-refractivity contribution is 0.0468. The molecule has 0 N–H and O–H groups in total. The van der Waals surface area contributed by atoms with Crippen LogP contribution in [0.2, 0.25) is 0 Å². The Kier molecular flexibility index (Phi) is 4.81. The second kappa shape index (κ2) is 7.19. The van der Waals surface area contributed by atoms with Gasteiger partial charge in [0, 0.05) is 18.0 Å². The molecule has 132 valence electrons. The second-order valence-corrected chi connectivity index (χ2v) is 5.81. The number of ether oxygens (including phenoxy) is 2. The molecule has 0 radical (unpaired) electrons. The number of methoxy groups -OCH3 is 1. The smallest absolute Gasteiger partial charge is 0.343 e. The Bertz CT molecular complexity index is 978. The van der Waals surface area contributed by atoms with Crippen LogP contribution in [0.25, 0.3) is 5.88 Å². The third-order valence-electron chi connectivity index (χ3n) is 4.02. The first-order valence-electron chi connectivity index (χ1n) is 8.02. The summed E-state index contributed by atoms with van der Waals surface area (Å²) in [7, 11) is 1.56. The van der Waals surface area contributed by atoms with E-state index in [1.807, 2.05) is 31.2 Å². The van der Waals surface area contributed by atoms with E-state index in [4.69, 9.17) is 13.9 Å². The average Bonchev–Trinajstić information content (AvgIpc) is 3.27. The van der Waals surface area contributed by atoms with Gasteiger partial charge in [0.1, 0.15) is 35.3 Å². The Hall–Kier alpha value is -3.46. The lowest BCUT2D eigenvalue weighted by Crippen LogP contribution is -2.08. The van der Waals surface area contributed by atoms with E-state index in [2.05, 4.69) is 0 Å². The molecule has 3 aromatic rings. The molecule has 2 heterocycles. The van der Waals surface area contributed by atoms with Crippen molar-refractivity contribution in [2.24, 2.45) is 0 Å². The lowest BCUT2D eigenvalue weighted by Gasteiger charge is -2.10. The fraction of sp³-hybridized carbons (Fsp3) is 0.200. The van der Waals surface area contributed by atoms with Crippen molar-refractivity contribution < 1.29 is 18.7 Å². The number of carbonyl (C=O) groups excluding carboxylic acids is 1. The summed E-state index contributed by atoms with van der Waals surface area (Å²) in [6, 6.07) is 11.3. The molecule has 0 aliphatic rings. The third kappa shape index (κ3) is 3.20. The van der Waals surface area contributed by atoms with Gasteiger partial charge in [0.05, 0.1) is 7.11 Å². The maximum Gasteiger partial charge on any atom is 0.343 e. The van der Waals surface area contributed by atoms with Crippen LogP contribution in [0.3, 0.4) is 0 Å². The van der Waals surface area contributed by atoms with Gasteiger partial charge in [-0.2, -0.15) is 5.26 Å². The summed E-state index contributed by atoms with van der Waals surface area (Å²) in [4.78, 5) is 12.6. The molecule has 6 nitrogen and oxygen atoms in total. The molecule has 0 spiro atoms. The number of esters is 1. The number of nitrogens with zero attached hydrogens (tertiary/aromatic N) is 2. The van der Waals surface area contributed by atoms with E-state index in [1.54, 1.807) is 43.1 Å². The van der Waals surface area contributed by atoms with Crippen molar-refractivity contribution in [3.63, 3.8) is 0 Å². The molecule has 0 saturated heterocycles. The minimum Gasteiger partial charge on any atom is -0.496 e. The zero-order chi connectivity index (χ0) is 18.7. The molecule has 3 rings (SSSR count). The summed E-state index contributed by atoms with van der Waals surface area (Å²) in [6.45, 7) is 3.62. The molecular weight excluding hydrogens is 332 g/mol. The molecular formula is C20H18N2O4. The lowest BCUT2D eigenvalue weighted by atomic mass is 10.1. The van der Waals surface area contributed by atoms with Crippen LogP contribution in [0, 0.1) is 25.2 Å². The Labute approximate surface area is 151 Å². The number of benzene rings is 1. The predicted octanol–water partition coefficient (Wildman–Crippen LogP) is 3.92. The topological polar surface area (TPSA) is 77.4 Å². The third-order valence-corrected chi connectivity index (χ3v) is 4.02. The van der Waals surface area contributed by atoms with Gasteiger partial charge in [0.2, 0.25) is 5.88 Å². The zero-order valence-electron chi connectivity index (χ0n) is 14.8. The van der Waals surface area contributed by atoms with Gasteiger partial charge in [0.15, 0.2) is 0 Å². The summed E-state index contributed by atoms with van der Waals surface area (Å²) < 4.78 is 18.0. The Morgan fingerprint density at radius 3 is 2.65 bits per heavy atom. The van der Waals surface area contributed by atoms with Crippen LogP contribution in [0.1, 0.15) is 32.8 Å². The summed E-state index contributed by atoms with van der Waals surface area (Å²) in [5.74, 6) is 0.673. The molecule has 2 aromatic heterocycles. The fourth-order valence-electron chi connectivity index (χ4n) is 2.77. The SMILES string of the molecule is COc1ccc(C)cc1COC(=O)c1c(C)oc(-n2cccc2)c1C#N. The van der Waals surface area contributed by atoms with Gasteiger partial charge in [-0.05, 0) is 38.1 Å². The zero-order valence-corrected chi connectivity index (χ0v) is 14.8. The molecule has 0 saturated carbocycles. The van der Waals surface area contributed by atoms with E-state index in [9.17, 15) is 10.1 Å². The molecule has 26 heavy (non-hydrogen) atoms. The summed E-state index contributed by atoms with van der Waals surface area (Å²) in [5.41, 5.74) is 2.08. The van der Waals surface area contributed by atoms with Crippen LogP contribution in [-0.2, 0) is 11.3 Å². The van der Waals surface area contributed by atoms with Gasteiger partial charge in [-0.1, -0.05) is 11.6 Å². The molecule has 0 atom stereocenters. The maximum atomic E-state index is 12.6. The first-order valence-corrected chi connectivity index (χ1v) is 8.02. The highest BCUT2D eigenvalue weighted by molar-refractivity contribution is 5.94. The van der Waals surface area contributed by atoms with Crippen molar-refractivity contribution in [3.05, 3.63) is 70.7 Å². The number of nitriles is 1.